The van der Waals surface area contributed by atoms with Crippen LogP contribution in [0.4, 0.5) is 16.2 Å². The molecule has 1 spiro atoms. The van der Waals surface area contributed by atoms with Crippen LogP contribution in [0.5, 0.6) is 17.2 Å². The van der Waals surface area contributed by atoms with Gasteiger partial charge in [-0.15, -0.1) is 0 Å². The zero-order chi connectivity index (χ0) is 70.9. The number of esters is 3. The van der Waals surface area contributed by atoms with Crippen LogP contribution in [0.3, 0.4) is 0 Å². The Morgan fingerprint density at radius 3 is 2.20 bits per heavy atom. The number of aliphatic hydroxyl groups is 1. The average Bonchev–Trinajstić information content (AvgIpc) is 1.51. The second kappa shape index (κ2) is 31.7. The average molecular weight is 1360 g/mol. The van der Waals surface area contributed by atoms with Crippen LogP contribution in [0.15, 0.2) is 70.4 Å². The number of allylic oxidation sites excluding steroid dienone is 2. The molecule has 0 saturated carbocycles. The minimum atomic E-state index is -4.26. The lowest BCUT2D eigenvalue weighted by Gasteiger charge is -2.39. The molecule has 10 atom stereocenters. The largest absolute Gasteiger partial charge is 0.507 e. The summed E-state index contributed by atoms with van der Waals surface area (Å²) in [5.41, 5.74) is 0.279. The lowest BCUT2D eigenvalue weighted by Crippen LogP contribution is -2.50. The van der Waals surface area contributed by atoms with Gasteiger partial charge in [-0.1, -0.05) is 78.8 Å². The number of fused-ring (bicyclic) bond motifs is 13. The van der Waals surface area contributed by atoms with Gasteiger partial charge in [-0.25, -0.2) is 9.79 Å². The number of aryl methyl sites for hydroxylation is 1. The minimum absolute atomic E-state index is 0.0230. The molecule has 3 aromatic rings. The van der Waals surface area contributed by atoms with Crippen molar-refractivity contribution < 1.29 is 101 Å². The van der Waals surface area contributed by atoms with Crippen molar-refractivity contribution in [3.8, 4) is 17.2 Å². The van der Waals surface area contributed by atoms with Gasteiger partial charge in [0.1, 0.15) is 52.7 Å². The molecule has 524 valence electrons. The van der Waals surface area contributed by atoms with Crippen LogP contribution in [-0.4, -0.2) is 178 Å². The Hall–Kier alpha value is -8.27. The molecule has 5 aliphatic rings. The molecule has 0 aliphatic carbocycles. The Balaban J connectivity index is 1.24. The van der Waals surface area contributed by atoms with Crippen molar-refractivity contribution >= 4 is 77.2 Å². The Kier molecular flexibility index (Phi) is 24.8. The van der Waals surface area contributed by atoms with Gasteiger partial charge in [0, 0.05) is 119 Å². The molecule has 5 aliphatic heterocycles. The van der Waals surface area contributed by atoms with E-state index in [9.17, 15) is 63.2 Å². The van der Waals surface area contributed by atoms with Gasteiger partial charge in [0.05, 0.1) is 41.3 Å². The summed E-state index contributed by atoms with van der Waals surface area (Å²) < 4.78 is 51.8. The summed E-state index contributed by atoms with van der Waals surface area (Å²) in [7, 11) is -1.63. The van der Waals surface area contributed by atoms with Crippen molar-refractivity contribution in [3.63, 3.8) is 0 Å². The van der Waals surface area contributed by atoms with Gasteiger partial charge in [0.2, 0.25) is 18.6 Å². The first kappa shape index (κ1) is 75.1. The predicted molar refractivity (Wildman–Crippen MR) is 349 cm³/mol. The molecule has 3 aromatic carbocycles. The van der Waals surface area contributed by atoms with Crippen LogP contribution in [0.2, 0.25) is 0 Å². The number of anilines is 2. The second-order valence-corrected chi connectivity index (χ2v) is 27.5. The SMILES string of the molecule is CCC(=O)OCOC(=O)N[C@@H](CCC(=O)Nc1ccc(CCP(=O)(O)O)cc1)C(=O)N(C)CC(=O)O[C@@H]1[C@@H](C)[C@@H](O)[C@@H](C)[C@H](OC(C)=O)[C@H](C)[C@@H](OC)/C=C/O[C@@]2(C)Oc3c(C)c(O)c4c(O)c(c5c(c4c3C2=O)NC2(CCN(CC(C)C)CC2)N=5)=NC(=O)/C(C)=C\C=C\[C@@H]1C. The van der Waals surface area contributed by atoms with Crippen molar-refractivity contribution in [2.75, 3.05) is 63.9 Å². The number of piperidine rings is 1. The number of ether oxygens (including phenoxy) is 7. The second-order valence-electron chi connectivity index (χ2n) is 25.7. The number of methoxy groups -OCH3 is 1. The summed E-state index contributed by atoms with van der Waals surface area (Å²) in [6.45, 7) is 18.5. The number of carbonyl (C=O) groups is 8. The van der Waals surface area contributed by atoms with E-state index in [4.69, 9.17) is 38.2 Å². The molecule has 8 rings (SSSR count). The van der Waals surface area contributed by atoms with Crippen LogP contribution in [0.1, 0.15) is 123 Å². The molecule has 0 aromatic heterocycles. The number of rotatable bonds is 19. The molecule has 5 bridgehead atoms. The fourth-order valence-corrected chi connectivity index (χ4v) is 12.9. The first-order valence-corrected chi connectivity index (χ1v) is 33.8. The summed E-state index contributed by atoms with van der Waals surface area (Å²) in [5.74, 6) is -11.8. The molecule has 8 N–H and O–H groups in total. The maximum absolute atomic E-state index is 15.0. The normalized spacial score (nSPS) is 25.2. The quantitative estimate of drug-likeness (QED) is 0.0227. The van der Waals surface area contributed by atoms with Crippen LogP contribution in [0.25, 0.3) is 10.8 Å². The fourth-order valence-electron chi connectivity index (χ4n) is 12.4. The van der Waals surface area contributed by atoms with Crippen LogP contribution in [0, 0.1) is 36.5 Å². The fraction of sp³-hybridized carbons (Fsp3) is 0.552. The smallest absolute Gasteiger partial charge is 0.410 e. The lowest BCUT2D eigenvalue weighted by atomic mass is 9.78. The first-order valence-electron chi connectivity index (χ1n) is 32.0. The summed E-state index contributed by atoms with van der Waals surface area (Å²) in [5, 5.41) is 45.2. The van der Waals surface area contributed by atoms with Crippen molar-refractivity contribution in [2.24, 2.45) is 39.6 Å². The number of nitrogens with zero attached hydrogens (tertiary/aromatic N) is 4. The Labute approximate surface area is 556 Å². The third-order valence-corrected chi connectivity index (χ3v) is 18.6. The van der Waals surface area contributed by atoms with E-state index in [1.807, 2.05) is 0 Å². The summed E-state index contributed by atoms with van der Waals surface area (Å²) in [6.07, 6.45) is 1.15. The maximum atomic E-state index is 15.0. The van der Waals surface area contributed by atoms with Crippen LogP contribution < -0.4 is 31.4 Å². The van der Waals surface area contributed by atoms with E-state index in [2.05, 4.69) is 39.7 Å². The van der Waals surface area contributed by atoms with Gasteiger partial charge in [0.25, 0.3) is 11.7 Å². The zero-order valence-electron chi connectivity index (χ0n) is 56.5. The number of ketones is 1. The number of aromatic hydroxyl groups is 2. The Morgan fingerprint density at radius 1 is 0.906 bits per heavy atom. The van der Waals surface area contributed by atoms with E-state index in [1.165, 1.54) is 85.4 Å². The lowest BCUT2D eigenvalue weighted by molar-refractivity contribution is -0.167. The van der Waals surface area contributed by atoms with Gasteiger partial charge in [-0.3, -0.25) is 43.1 Å². The van der Waals surface area contributed by atoms with E-state index < -0.39 is 146 Å². The number of likely N-dealkylation sites (N-methyl/N-ethyl adjacent to an activating group) is 1. The molecule has 96 heavy (non-hydrogen) atoms. The number of likely N-dealkylation sites (tertiary alicyclic amines) is 1. The van der Waals surface area contributed by atoms with Crippen molar-refractivity contribution in [1.82, 2.24) is 15.1 Å². The summed E-state index contributed by atoms with van der Waals surface area (Å²) >= 11 is 0. The maximum Gasteiger partial charge on any atom is 0.410 e. The van der Waals surface area contributed by atoms with E-state index in [0.29, 0.717) is 43.1 Å². The van der Waals surface area contributed by atoms with Gasteiger partial charge in [-0.05, 0) is 56.4 Å². The molecule has 29 heteroatoms. The number of alkyl carbamates (subject to hydrolysis) is 1. The van der Waals surface area contributed by atoms with Crippen molar-refractivity contribution in [2.45, 2.75) is 157 Å². The van der Waals surface area contributed by atoms with E-state index in [-0.39, 0.29) is 81.5 Å². The highest BCUT2D eigenvalue weighted by molar-refractivity contribution is 7.51. The van der Waals surface area contributed by atoms with Gasteiger partial charge in [-0.2, -0.15) is 0 Å². The standard InChI is InChI=1S/C67H90N7O21P/c1-14-48(77)90-34-91-65(85)69-45(22-23-47(76)68-44-20-18-43(19-21-44)25-31-96(86,87)88)64(84)73(12)33-49(78)94-59-36(4)16-15-17-37(5)63(83)70-55-54-53(71-67(72-54)26-28-74(29-27-67)32-35(2)3)50-51(58(55)81)57(80)41(9)61-52(50)62(82)66(11,95-61)92-30-24-46(89-13)38(6)60(93-42(10)75)40(8)56(79)39(59)7/h15-21,24,30,35-36,38-40,45-46,56,59-60,71,79-81H,14,22-23,25-29,31-34H2,1-13H3,(H,68,76)(H,69,85)(H2,86,87,88)/b16-15+,30-24+,37-17-,70-55?/t36-,38+,39-,40+,45-,46-,56+,59-,60+,66-/m0/s1. The van der Waals surface area contributed by atoms with E-state index in [1.54, 1.807) is 45.9 Å². The predicted octanol–water partition coefficient (Wildman–Crippen LogP) is 5.90. The van der Waals surface area contributed by atoms with Gasteiger partial charge < -0.3 is 84.0 Å². The molecular weight excluding hydrogens is 1270 g/mol. The number of benzene rings is 3. The summed E-state index contributed by atoms with van der Waals surface area (Å²) in [6, 6.07) is 4.66. The molecular formula is C67H90N7O21P. The highest BCUT2D eigenvalue weighted by Crippen LogP contribution is 2.51. The molecule has 4 amide bonds. The molecule has 1 fully saturated rings. The zero-order valence-corrected chi connectivity index (χ0v) is 57.4. The van der Waals surface area contributed by atoms with Crippen molar-refractivity contribution in [1.29, 1.82) is 0 Å². The Bertz CT molecular complexity index is 3730. The number of amides is 4. The number of hydrogen-bond acceptors (Lipinski definition) is 22. The molecule has 5 heterocycles. The van der Waals surface area contributed by atoms with Crippen molar-refractivity contribution in [3.05, 3.63) is 87.8 Å². The minimum Gasteiger partial charge on any atom is -0.507 e. The number of carbonyl (C=O) groups excluding carboxylic acids is 8. The number of aliphatic hydroxyl groups excluding tert-OH is 1. The van der Waals surface area contributed by atoms with Gasteiger partial charge >= 0.3 is 37.4 Å². The van der Waals surface area contributed by atoms with Gasteiger partial charge in [0.15, 0.2) is 5.75 Å². The third-order valence-electron chi connectivity index (χ3n) is 17.8. The third kappa shape index (κ3) is 18.0. The number of phenolic OH excluding ortho intramolecular Hbond substituents is 2. The molecule has 0 unspecified atom stereocenters. The highest BCUT2D eigenvalue weighted by atomic mass is 31.2. The monoisotopic (exact) mass is 1360 g/mol. The Morgan fingerprint density at radius 2 is 1.57 bits per heavy atom. The van der Waals surface area contributed by atoms with Crippen LogP contribution >= 0.6 is 7.60 Å². The molecule has 28 nitrogen and oxygen atoms in total. The number of Topliss-reactive ketones (excluding diaryl/α,β-unsaturated/α-hetero) is 1. The van der Waals surface area contributed by atoms with Crippen LogP contribution in [-0.2, 0) is 68.2 Å². The topological polar surface area (TPSA) is 387 Å². The number of nitrogens with one attached hydrogen (secondary N) is 3. The highest BCUT2D eigenvalue weighted by Gasteiger charge is 2.51. The summed E-state index contributed by atoms with van der Waals surface area (Å²) in [4.78, 5) is 141. The molecule has 0 radical (unpaired) electrons. The molecule has 1 saturated heterocycles. The number of phenols is 2. The first-order chi connectivity index (χ1) is 45.1. The van der Waals surface area contributed by atoms with E-state index in [0.717, 1.165) is 11.4 Å². The van der Waals surface area contributed by atoms with E-state index >= 15 is 4.79 Å². The number of hydrogen-bond donors (Lipinski definition) is 8.